The third-order valence-electron chi connectivity index (χ3n) is 4.42. The van der Waals surface area contributed by atoms with Crippen LogP contribution in [0.5, 0.6) is 11.6 Å². The van der Waals surface area contributed by atoms with Gasteiger partial charge in [-0.3, -0.25) is 15.2 Å². The molecule has 0 aliphatic carbocycles. The summed E-state index contributed by atoms with van der Waals surface area (Å²) in [4.78, 5) is 16.5. The van der Waals surface area contributed by atoms with Gasteiger partial charge >= 0.3 is 0 Å². The zero-order chi connectivity index (χ0) is 18.6. The first kappa shape index (κ1) is 17.4. The van der Waals surface area contributed by atoms with Gasteiger partial charge in [-0.05, 0) is 54.4 Å². The Balaban J connectivity index is 1.40. The summed E-state index contributed by atoms with van der Waals surface area (Å²) < 4.78 is 5.70. The van der Waals surface area contributed by atoms with Crippen molar-refractivity contribution in [2.24, 2.45) is 5.92 Å². The van der Waals surface area contributed by atoms with Crippen molar-refractivity contribution in [2.75, 3.05) is 11.6 Å². The highest BCUT2D eigenvalue weighted by atomic mass is 35.5. The van der Waals surface area contributed by atoms with E-state index in [-0.39, 0.29) is 11.8 Å². The van der Waals surface area contributed by atoms with Gasteiger partial charge in [0.15, 0.2) is 0 Å². The van der Waals surface area contributed by atoms with Gasteiger partial charge < -0.3 is 4.74 Å². The number of ether oxygens (including phenoxy) is 1. The molecule has 1 aromatic heterocycles. The van der Waals surface area contributed by atoms with Crippen LogP contribution >= 0.6 is 11.6 Å². The second kappa shape index (κ2) is 7.68. The molecular weight excluding hydrogens is 362 g/mol. The van der Waals surface area contributed by atoms with E-state index in [1.54, 1.807) is 12.3 Å². The van der Waals surface area contributed by atoms with Crippen LogP contribution in [0, 0.1) is 5.92 Å². The lowest BCUT2D eigenvalue weighted by molar-refractivity contribution is -0.122. The Kier molecular flexibility index (Phi) is 4.94. The zero-order valence-corrected chi connectivity index (χ0v) is 15.3. The minimum absolute atomic E-state index is 0.0266. The number of aromatic nitrogens is 1. The van der Waals surface area contributed by atoms with Crippen LogP contribution in [0.1, 0.15) is 5.56 Å². The Hall–Kier alpha value is -3.05. The van der Waals surface area contributed by atoms with Gasteiger partial charge in [-0.1, -0.05) is 29.8 Å². The van der Waals surface area contributed by atoms with E-state index < -0.39 is 0 Å². The van der Waals surface area contributed by atoms with Gasteiger partial charge in [-0.2, -0.15) is 0 Å². The second-order valence-electron chi connectivity index (χ2n) is 6.38. The number of nitrogens with zero attached hydrogens (tertiary/aromatic N) is 2. The average Bonchev–Trinajstić information content (AvgIpc) is 3.05. The minimum Gasteiger partial charge on any atom is -0.439 e. The molecule has 1 N–H and O–H groups in total. The Morgan fingerprint density at radius 2 is 1.85 bits per heavy atom. The molecule has 1 amide bonds. The van der Waals surface area contributed by atoms with Crippen LogP contribution in [0.25, 0.3) is 0 Å². The van der Waals surface area contributed by atoms with Crippen molar-refractivity contribution in [2.45, 2.75) is 6.42 Å². The molecule has 6 heteroatoms. The largest absolute Gasteiger partial charge is 0.439 e. The lowest BCUT2D eigenvalue weighted by atomic mass is 9.99. The Bertz CT molecular complexity index is 914. The fraction of sp³-hybridized carbons (Fsp3) is 0.143. The SMILES string of the molecule is O=C1NN(c2ccc(Oc3ccccn3)cc2)CC1Cc1ccc(Cl)cc1. The molecule has 3 aromatic rings. The van der Waals surface area contributed by atoms with E-state index in [0.717, 1.165) is 11.3 Å². The van der Waals surface area contributed by atoms with Crippen LogP contribution in [0.3, 0.4) is 0 Å². The molecule has 1 aliphatic heterocycles. The third kappa shape index (κ3) is 4.20. The molecule has 4 rings (SSSR count). The molecule has 2 heterocycles. The van der Waals surface area contributed by atoms with Crippen LogP contribution in [-0.4, -0.2) is 17.4 Å². The Morgan fingerprint density at radius 3 is 2.56 bits per heavy atom. The fourth-order valence-electron chi connectivity index (χ4n) is 3.03. The summed E-state index contributed by atoms with van der Waals surface area (Å²) in [5.41, 5.74) is 4.95. The van der Waals surface area contributed by atoms with E-state index in [1.165, 1.54) is 0 Å². The van der Waals surface area contributed by atoms with Crippen LogP contribution in [0.4, 0.5) is 5.69 Å². The number of hydrogen-bond acceptors (Lipinski definition) is 4. The summed E-state index contributed by atoms with van der Waals surface area (Å²) in [6.45, 7) is 0.613. The lowest BCUT2D eigenvalue weighted by Gasteiger charge is -2.18. The van der Waals surface area contributed by atoms with Crippen molar-refractivity contribution in [1.82, 2.24) is 10.4 Å². The first-order valence-electron chi connectivity index (χ1n) is 8.69. The minimum atomic E-state index is -0.101. The highest BCUT2D eigenvalue weighted by molar-refractivity contribution is 6.30. The van der Waals surface area contributed by atoms with Crippen LogP contribution in [0.2, 0.25) is 5.02 Å². The monoisotopic (exact) mass is 379 g/mol. The first-order valence-corrected chi connectivity index (χ1v) is 9.06. The number of anilines is 1. The first-order chi connectivity index (χ1) is 13.2. The molecule has 0 radical (unpaired) electrons. The molecule has 5 nitrogen and oxygen atoms in total. The number of pyridine rings is 1. The Labute approximate surface area is 162 Å². The van der Waals surface area contributed by atoms with Crippen molar-refractivity contribution < 1.29 is 9.53 Å². The van der Waals surface area contributed by atoms with E-state index in [1.807, 2.05) is 65.7 Å². The van der Waals surface area contributed by atoms with Gasteiger partial charge in [0.2, 0.25) is 11.8 Å². The summed E-state index contributed by atoms with van der Waals surface area (Å²) in [6, 6.07) is 20.7. The molecule has 0 saturated carbocycles. The number of nitrogens with one attached hydrogen (secondary N) is 1. The zero-order valence-electron chi connectivity index (χ0n) is 14.5. The van der Waals surface area contributed by atoms with Gasteiger partial charge in [-0.15, -0.1) is 0 Å². The van der Waals surface area contributed by atoms with Crippen molar-refractivity contribution in [1.29, 1.82) is 0 Å². The average molecular weight is 380 g/mol. The van der Waals surface area contributed by atoms with Crippen molar-refractivity contribution in [3.63, 3.8) is 0 Å². The molecule has 1 atom stereocenters. The van der Waals surface area contributed by atoms with Crippen molar-refractivity contribution in [3.8, 4) is 11.6 Å². The number of benzene rings is 2. The molecule has 0 bridgehead atoms. The number of rotatable bonds is 5. The predicted octanol–water partition coefficient (Wildman–Crippen LogP) is 4.24. The smallest absolute Gasteiger partial charge is 0.243 e. The summed E-state index contributed by atoms with van der Waals surface area (Å²) in [5, 5.41) is 2.57. The number of halogens is 1. The summed E-state index contributed by atoms with van der Waals surface area (Å²) in [6.07, 6.45) is 2.37. The molecule has 2 aromatic carbocycles. The van der Waals surface area contributed by atoms with Crippen molar-refractivity contribution in [3.05, 3.63) is 83.5 Å². The number of amides is 1. The highest BCUT2D eigenvalue weighted by Crippen LogP contribution is 2.26. The molecule has 1 fully saturated rings. The number of carbonyl (C=O) groups is 1. The molecule has 1 unspecified atom stereocenters. The van der Waals surface area contributed by atoms with Crippen LogP contribution in [-0.2, 0) is 11.2 Å². The van der Waals surface area contributed by atoms with E-state index >= 15 is 0 Å². The van der Waals surface area contributed by atoms with Crippen LogP contribution < -0.4 is 15.2 Å². The van der Waals surface area contributed by atoms with Gasteiger partial charge in [-0.25, -0.2) is 4.98 Å². The predicted molar refractivity (Wildman–Crippen MR) is 105 cm³/mol. The maximum Gasteiger partial charge on any atom is 0.243 e. The van der Waals surface area contributed by atoms with Gasteiger partial charge in [0.25, 0.3) is 0 Å². The van der Waals surface area contributed by atoms with Gasteiger partial charge in [0.1, 0.15) is 5.75 Å². The van der Waals surface area contributed by atoms with E-state index in [0.29, 0.717) is 29.6 Å². The number of hydrazine groups is 1. The van der Waals surface area contributed by atoms with Gasteiger partial charge in [0, 0.05) is 17.3 Å². The third-order valence-corrected chi connectivity index (χ3v) is 4.67. The number of carbonyl (C=O) groups excluding carboxylic acids is 1. The van der Waals surface area contributed by atoms with E-state index in [9.17, 15) is 4.79 Å². The van der Waals surface area contributed by atoms with E-state index in [4.69, 9.17) is 16.3 Å². The maximum atomic E-state index is 12.3. The quantitative estimate of drug-likeness (QED) is 0.720. The molecule has 1 aliphatic rings. The molecule has 0 spiro atoms. The lowest BCUT2D eigenvalue weighted by Crippen LogP contribution is -2.32. The summed E-state index contributed by atoms with van der Waals surface area (Å²) >= 11 is 5.92. The highest BCUT2D eigenvalue weighted by Gasteiger charge is 2.30. The summed E-state index contributed by atoms with van der Waals surface area (Å²) in [5.74, 6) is 1.16. The van der Waals surface area contributed by atoms with Crippen molar-refractivity contribution >= 4 is 23.2 Å². The Morgan fingerprint density at radius 1 is 1.07 bits per heavy atom. The summed E-state index contributed by atoms with van der Waals surface area (Å²) in [7, 11) is 0. The van der Waals surface area contributed by atoms with Gasteiger partial charge in [0.05, 0.1) is 18.2 Å². The van der Waals surface area contributed by atoms with E-state index in [2.05, 4.69) is 10.4 Å². The standard InChI is InChI=1S/C21H18ClN3O2/c22-17-6-4-15(5-7-17)13-16-14-25(24-21(16)26)18-8-10-19(11-9-18)27-20-3-1-2-12-23-20/h1-12,16H,13-14H2,(H,24,26). The maximum absolute atomic E-state index is 12.3. The molecule has 136 valence electrons. The van der Waals surface area contributed by atoms with Crippen LogP contribution in [0.15, 0.2) is 72.9 Å². The topological polar surface area (TPSA) is 54.5 Å². The fourth-order valence-corrected chi connectivity index (χ4v) is 3.15. The molecular formula is C21H18ClN3O2. The normalized spacial score (nSPS) is 16.3. The molecule has 1 saturated heterocycles. The number of hydrogen-bond donors (Lipinski definition) is 1. The second-order valence-corrected chi connectivity index (χ2v) is 6.81. The molecule has 27 heavy (non-hydrogen) atoms.